The molecule has 10 heteroatoms. The monoisotopic (exact) mass is 514 g/mol. The van der Waals surface area contributed by atoms with Gasteiger partial charge >= 0.3 is 6.09 Å². The fourth-order valence-corrected chi connectivity index (χ4v) is 5.15. The third-order valence-electron chi connectivity index (χ3n) is 6.68. The zero-order valence-electron chi connectivity index (χ0n) is 21.4. The van der Waals surface area contributed by atoms with Crippen LogP contribution in [0.2, 0.25) is 5.02 Å². The van der Waals surface area contributed by atoms with Crippen LogP contribution in [0.4, 0.5) is 10.6 Å². The Bertz CT molecular complexity index is 1170. The number of alkyl carbamates (subject to hydrolysis) is 1. The van der Waals surface area contributed by atoms with Gasteiger partial charge in [0.1, 0.15) is 5.60 Å². The van der Waals surface area contributed by atoms with Crippen molar-refractivity contribution in [3.63, 3.8) is 0 Å². The topological polar surface area (TPSA) is 101 Å². The predicted octanol–water partition coefficient (Wildman–Crippen LogP) is 5.79. The van der Waals surface area contributed by atoms with Gasteiger partial charge in [0.15, 0.2) is 5.82 Å². The van der Waals surface area contributed by atoms with Crippen LogP contribution in [0.3, 0.4) is 0 Å². The molecule has 1 atom stereocenters. The molecule has 1 fully saturated rings. The number of hydrogen-bond donors (Lipinski definition) is 1. The van der Waals surface area contributed by atoms with E-state index in [1.807, 2.05) is 45.0 Å². The minimum absolute atomic E-state index is 0.101. The molecular weight excluding hydrogens is 480 g/mol. The molecule has 1 saturated carbocycles. The van der Waals surface area contributed by atoms with E-state index in [0.29, 0.717) is 43.1 Å². The van der Waals surface area contributed by atoms with Crippen LogP contribution < -0.4 is 15.9 Å². The maximum absolute atomic E-state index is 12.8. The Labute approximate surface area is 216 Å². The summed E-state index contributed by atoms with van der Waals surface area (Å²) < 4.78 is 7.13. The first-order valence-corrected chi connectivity index (χ1v) is 13.0. The van der Waals surface area contributed by atoms with Crippen LogP contribution in [0.5, 0.6) is 0 Å². The number of carbonyl (C=O) groups is 1. The number of carbonyl (C=O) groups excluding carboxylic acids is 1. The van der Waals surface area contributed by atoms with E-state index >= 15 is 0 Å². The van der Waals surface area contributed by atoms with E-state index < -0.39 is 17.2 Å². The van der Waals surface area contributed by atoms with Crippen molar-refractivity contribution >= 4 is 23.5 Å². The first kappa shape index (κ1) is 26.1. The van der Waals surface area contributed by atoms with E-state index in [0.717, 1.165) is 18.4 Å². The van der Waals surface area contributed by atoms with Crippen molar-refractivity contribution in [2.24, 2.45) is 10.3 Å². The molecule has 194 valence electrons. The van der Waals surface area contributed by atoms with Crippen LogP contribution in [0, 0.1) is 0 Å². The molecular formula is C26H35ClN6O3. The highest BCUT2D eigenvalue weighted by Gasteiger charge is 2.40. The summed E-state index contributed by atoms with van der Waals surface area (Å²) in [5.41, 5.74) is -0.493. The van der Waals surface area contributed by atoms with Crippen LogP contribution in [-0.4, -0.2) is 34.1 Å². The molecule has 2 heterocycles. The predicted molar refractivity (Wildman–Crippen MR) is 139 cm³/mol. The highest BCUT2D eigenvalue weighted by molar-refractivity contribution is 6.30. The summed E-state index contributed by atoms with van der Waals surface area (Å²) in [5.74, 6) is 0.621. The molecule has 0 saturated heterocycles. The minimum Gasteiger partial charge on any atom is -0.444 e. The number of hydrogen-bond acceptors (Lipinski definition) is 7. The number of ether oxygens (including phenoxy) is 1. The summed E-state index contributed by atoms with van der Waals surface area (Å²) in [6.07, 6.45) is 4.06. The van der Waals surface area contributed by atoms with Gasteiger partial charge in [0, 0.05) is 11.1 Å². The number of nitrogens with one attached hydrogen (secondary N) is 1. The second-order valence-electron chi connectivity index (χ2n) is 10.7. The zero-order valence-corrected chi connectivity index (χ0v) is 22.2. The number of amides is 1. The number of halogens is 1. The highest BCUT2D eigenvalue weighted by Crippen LogP contribution is 2.42. The van der Waals surface area contributed by atoms with Gasteiger partial charge in [-0.1, -0.05) is 42.3 Å². The maximum Gasteiger partial charge on any atom is 0.408 e. The van der Waals surface area contributed by atoms with Crippen molar-refractivity contribution in [1.29, 1.82) is 0 Å². The van der Waals surface area contributed by atoms with Gasteiger partial charge in [0.25, 0.3) is 5.56 Å². The molecule has 0 radical (unpaired) electrons. The average molecular weight is 515 g/mol. The third kappa shape index (κ3) is 6.06. The van der Waals surface area contributed by atoms with Gasteiger partial charge in [-0.2, -0.15) is 5.11 Å². The van der Waals surface area contributed by atoms with Crippen molar-refractivity contribution in [2.45, 2.75) is 89.4 Å². The maximum atomic E-state index is 12.8. The molecule has 1 aromatic heterocycles. The van der Waals surface area contributed by atoms with Gasteiger partial charge in [0.2, 0.25) is 0 Å². The molecule has 1 aliphatic heterocycles. The SMILES string of the molecule is CCCC1CN(c2ccc(=O)n(C3CCC(NC(=O)OC(C)(C)C)(c4cccc(Cl)c4)CC3)n2)N=N1. The number of benzene rings is 1. The molecule has 9 nitrogen and oxygen atoms in total. The van der Waals surface area contributed by atoms with E-state index in [1.54, 1.807) is 21.8 Å². The number of aromatic nitrogens is 2. The van der Waals surface area contributed by atoms with Gasteiger partial charge in [-0.3, -0.25) is 4.79 Å². The summed E-state index contributed by atoms with van der Waals surface area (Å²) in [6, 6.07) is 10.9. The van der Waals surface area contributed by atoms with Gasteiger partial charge in [-0.05, 0) is 76.6 Å². The van der Waals surface area contributed by atoms with Gasteiger partial charge in [-0.15, -0.1) is 5.10 Å². The second kappa shape index (κ2) is 10.6. The number of nitrogens with zero attached hydrogens (tertiary/aromatic N) is 5. The Morgan fingerprint density at radius 2 is 1.97 bits per heavy atom. The minimum atomic E-state index is -0.651. The van der Waals surface area contributed by atoms with E-state index in [1.165, 1.54) is 0 Å². The number of rotatable bonds is 6. The highest BCUT2D eigenvalue weighted by atomic mass is 35.5. The molecule has 1 aliphatic carbocycles. The molecule has 2 aromatic rings. The molecule has 1 N–H and O–H groups in total. The summed E-state index contributed by atoms with van der Waals surface area (Å²) in [7, 11) is 0. The standard InChI is InChI=1S/C26H35ClN6O3/c1-5-7-20-17-32(31-29-20)22-10-11-23(34)33(30-22)21-12-14-26(15-13-21,18-8-6-9-19(27)16-18)28-24(35)36-25(2,3)4/h6,8-11,16,20-21H,5,7,12-15,17H2,1-4H3,(H,28,35). The van der Waals surface area contributed by atoms with Gasteiger partial charge in [-0.25, -0.2) is 14.5 Å². The summed E-state index contributed by atoms with van der Waals surface area (Å²) in [4.78, 5) is 25.6. The van der Waals surface area contributed by atoms with E-state index in [-0.39, 0.29) is 17.6 Å². The Hall–Kier alpha value is -2.94. The average Bonchev–Trinajstić information content (AvgIpc) is 3.28. The molecule has 2 aliphatic rings. The fraction of sp³-hybridized carbons (Fsp3) is 0.577. The lowest BCUT2D eigenvalue weighted by molar-refractivity contribution is 0.0402. The molecule has 1 amide bonds. The molecule has 1 unspecified atom stereocenters. The van der Waals surface area contributed by atoms with Crippen LogP contribution in [-0.2, 0) is 10.3 Å². The lowest BCUT2D eigenvalue weighted by Gasteiger charge is -2.41. The third-order valence-corrected chi connectivity index (χ3v) is 6.91. The van der Waals surface area contributed by atoms with Crippen molar-refractivity contribution in [3.05, 3.63) is 57.3 Å². The number of anilines is 1. The smallest absolute Gasteiger partial charge is 0.408 e. The summed E-state index contributed by atoms with van der Waals surface area (Å²) in [5, 5.41) is 18.7. The van der Waals surface area contributed by atoms with Gasteiger partial charge < -0.3 is 10.1 Å². The first-order valence-electron chi connectivity index (χ1n) is 12.6. The Morgan fingerprint density at radius 3 is 2.64 bits per heavy atom. The van der Waals surface area contributed by atoms with Crippen LogP contribution >= 0.6 is 11.6 Å². The Kier molecular flexibility index (Phi) is 7.68. The van der Waals surface area contributed by atoms with Gasteiger partial charge in [0.05, 0.1) is 24.2 Å². The lowest BCUT2D eigenvalue weighted by Crippen LogP contribution is -2.50. The van der Waals surface area contributed by atoms with Crippen molar-refractivity contribution in [3.8, 4) is 0 Å². The van der Waals surface area contributed by atoms with Crippen molar-refractivity contribution in [2.75, 3.05) is 11.6 Å². The summed E-state index contributed by atoms with van der Waals surface area (Å²) >= 11 is 6.30. The van der Waals surface area contributed by atoms with Crippen LogP contribution in [0.1, 0.15) is 77.8 Å². The van der Waals surface area contributed by atoms with Crippen molar-refractivity contribution < 1.29 is 9.53 Å². The Morgan fingerprint density at radius 1 is 1.22 bits per heavy atom. The van der Waals surface area contributed by atoms with E-state index in [2.05, 4.69) is 27.7 Å². The van der Waals surface area contributed by atoms with Crippen LogP contribution in [0.25, 0.3) is 0 Å². The lowest BCUT2D eigenvalue weighted by atomic mass is 9.75. The molecule has 36 heavy (non-hydrogen) atoms. The molecule has 1 aromatic carbocycles. The molecule has 0 spiro atoms. The largest absolute Gasteiger partial charge is 0.444 e. The molecule has 4 rings (SSSR count). The fourth-order valence-electron chi connectivity index (χ4n) is 4.95. The normalized spacial score (nSPS) is 24.1. The summed E-state index contributed by atoms with van der Waals surface area (Å²) in [6.45, 7) is 8.31. The molecule has 0 bridgehead atoms. The quantitative estimate of drug-likeness (QED) is 0.525. The van der Waals surface area contributed by atoms with Crippen molar-refractivity contribution in [1.82, 2.24) is 15.1 Å². The second-order valence-corrected chi connectivity index (χ2v) is 11.1. The zero-order chi connectivity index (χ0) is 25.9. The Balaban J connectivity index is 1.54. The van der Waals surface area contributed by atoms with Crippen LogP contribution in [0.15, 0.2) is 51.5 Å². The van der Waals surface area contributed by atoms with E-state index in [4.69, 9.17) is 16.3 Å². The first-order chi connectivity index (χ1) is 17.1. The van der Waals surface area contributed by atoms with E-state index in [9.17, 15) is 9.59 Å².